The van der Waals surface area contributed by atoms with E-state index < -0.39 is 0 Å². The molecule has 0 radical (unpaired) electrons. The largest absolute Gasteiger partial charge is 0.454 e. The molecule has 2 rings (SSSR count). The Hall–Kier alpha value is -0.830. The maximum atomic E-state index is 11.8. The van der Waals surface area contributed by atoms with Crippen LogP contribution in [0.5, 0.6) is 0 Å². The molecule has 2 bridgehead atoms. The second-order valence-electron chi connectivity index (χ2n) is 5.20. The zero-order chi connectivity index (χ0) is 13.3. The topological polar surface area (TPSA) is 26.3 Å². The van der Waals surface area contributed by atoms with E-state index in [4.69, 9.17) is 4.74 Å². The monoisotopic (exact) mass is 310 g/mol. The van der Waals surface area contributed by atoms with Gasteiger partial charge in [0, 0.05) is 16.3 Å². The number of rotatable bonds is 1. The lowest BCUT2D eigenvalue weighted by Gasteiger charge is -2.21. The SMILES string of the molecule is C=C(C)[C@@H]1C/C=C(\C)[C@H](Br)CCC2=C[C@@H]1OC2=O. The third-order valence-electron chi connectivity index (χ3n) is 3.76. The van der Waals surface area contributed by atoms with Gasteiger partial charge in [-0.25, -0.2) is 4.79 Å². The van der Waals surface area contributed by atoms with E-state index in [1.807, 2.05) is 13.0 Å². The summed E-state index contributed by atoms with van der Waals surface area (Å²) < 4.78 is 5.46. The molecule has 3 atom stereocenters. The van der Waals surface area contributed by atoms with E-state index in [-0.39, 0.29) is 18.0 Å². The van der Waals surface area contributed by atoms with Gasteiger partial charge in [-0.1, -0.05) is 39.7 Å². The molecule has 0 saturated carbocycles. The normalized spacial score (nSPS) is 35.3. The Morgan fingerprint density at radius 3 is 2.94 bits per heavy atom. The van der Waals surface area contributed by atoms with Crippen LogP contribution in [0.3, 0.4) is 0 Å². The molecule has 18 heavy (non-hydrogen) atoms. The van der Waals surface area contributed by atoms with Gasteiger partial charge in [0.2, 0.25) is 0 Å². The van der Waals surface area contributed by atoms with Gasteiger partial charge in [0.15, 0.2) is 0 Å². The van der Waals surface area contributed by atoms with Crippen molar-refractivity contribution in [2.45, 2.75) is 44.0 Å². The summed E-state index contributed by atoms with van der Waals surface area (Å²) in [5, 5.41) is 0. The van der Waals surface area contributed by atoms with E-state index in [0.29, 0.717) is 4.83 Å². The van der Waals surface area contributed by atoms with Gasteiger partial charge in [0.25, 0.3) is 0 Å². The molecule has 0 aromatic carbocycles. The number of hydrogen-bond acceptors (Lipinski definition) is 2. The molecule has 1 aliphatic carbocycles. The Bertz CT molecular complexity index is 434. The van der Waals surface area contributed by atoms with Crippen LogP contribution < -0.4 is 0 Å². The van der Waals surface area contributed by atoms with Gasteiger partial charge in [-0.15, -0.1) is 0 Å². The lowest BCUT2D eigenvalue weighted by atomic mass is 9.89. The van der Waals surface area contributed by atoms with Crippen molar-refractivity contribution in [3.05, 3.63) is 35.5 Å². The molecule has 98 valence electrons. The molecule has 0 saturated heterocycles. The Labute approximate surface area is 117 Å². The number of carbonyl (C=O) groups excluding carboxylic acids is 1. The predicted molar refractivity (Wildman–Crippen MR) is 76.6 cm³/mol. The van der Waals surface area contributed by atoms with E-state index >= 15 is 0 Å². The van der Waals surface area contributed by atoms with E-state index in [1.54, 1.807) is 0 Å². The second-order valence-corrected chi connectivity index (χ2v) is 6.31. The highest BCUT2D eigenvalue weighted by molar-refractivity contribution is 9.09. The van der Waals surface area contributed by atoms with Crippen molar-refractivity contribution in [1.29, 1.82) is 0 Å². The first-order valence-corrected chi connectivity index (χ1v) is 7.28. The number of carbonyl (C=O) groups is 1. The van der Waals surface area contributed by atoms with Crippen molar-refractivity contribution < 1.29 is 9.53 Å². The Morgan fingerprint density at radius 2 is 2.28 bits per heavy atom. The van der Waals surface area contributed by atoms with Gasteiger partial charge >= 0.3 is 5.97 Å². The third-order valence-corrected chi connectivity index (χ3v) is 4.94. The van der Waals surface area contributed by atoms with Crippen LogP contribution in [0.4, 0.5) is 0 Å². The molecule has 0 spiro atoms. The number of hydrogen-bond donors (Lipinski definition) is 0. The molecule has 0 amide bonds. The first-order chi connectivity index (χ1) is 8.49. The summed E-state index contributed by atoms with van der Waals surface area (Å²) >= 11 is 3.68. The van der Waals surface area contributed by atoms with Crippen LogP contribution in [0.15, 0.2) is 35.5 Å². The van der Waals surface area contributed by atoms with E-state index in [9.17, 15) is 4.79 Å². The summed E-state index contributed by atoms with van der Waals surface area (Å²) in [4.78, 5) is 12.1. The highest BCUT2D eigenvalue weighted by Gasteiger charge is 2.32. The first-order valence-electron chi connectivity index (χ1n) is 6.37. The highest BCUT2D eigenvalue weighted by Crippen LogP contribution is 2.33. The Balaban J connectivity index is 2.29. The average Bonchev–Trinajstić information content (AvgIpc) is 2.66. The standard InChI is InChI=1S/C15H19BrO2/c1-9(2)12-6-4-10(3)13(16)7-5-11-8-14(12)18-15(11)17/h4,8,12-14H,1,5-7H2,2-3H3/b10-4+/t12-,13+,14-/m0/s1. The van der Waals surface area contributed by atoms with Crippen molar-refractivity contribution >= 4 is 21.9 Å². The lowest BCUT2D eigenvalue weighted by Crippen LogP contribution is -2.21. The van der Waals surface area contributed by atoms with Crippen LogP contribution in [-0.4, -0.2) is 16.9 Å². The quantitative estimate of drug-likeness (QED) is 0.417. The van der Waals surface area contributed by atoms with Crippen LogP contribution in [0.25, 0.3) is 0 Å². The molecule has 0 fully saturated rings. The fourth-order valence-electron chi connectivity index (χ4n) is 2.45. The van der Waals surface area contributed by atoms with Crippen LogP contribution in [0, 0.1) is 5.92 Å². The maximum absolute atomic E-state index is 11.8. The minimum Gasteiger partial charge on any atom is -0.454 e. The van der Waals surface area contributed by atoms with Gasteiger partial charge in [-0.3, -0.25) is 0 Å². The fraction of sp³-hybridized carbons (Fsp3) is 0.533. The summed E-state index contributed by atoms with van der Waals surface area (Å²) in [5.74, 6) is 0.0460. The van der Waals surface area contributed by atoms with Crippen molar-refractivity contribution in [3.8, 4) is 0 Å². The van der Waals surface area contributed by atoms with Crippen molar-refractivity contribution in [1.82, 2.24) is 0 Å². The summed E-state index contributed by atoms with van der Waals surface area (Å²) in [5.41, 5.74) is 3.22. The van der Waals surface area contributed by atoms with Gasteiger partial charge in [-0.05, 0) is 39.2 Å². The van der Waals surface area contributed by atoms with Crippen LogP contribution in [0.1, 0.15) is 33.1 Å². The molecule has 0 unspecified atom stereocenters. The van der Waals surface area contributed by atoms with Crippen molar-refractivity contribution in [3.63, 3.8) is 0 Å². The zero-order valence-corrected chi connectivity index (χ0v) is 12.5. The summed E-state index contributed by atoms with van der Waals surface area (Å²) in [6, 6.07) is 0. The van der Waals surface area contributed by atoms with E-state index in [2.05, 4.69) is 35.5 Å². The summed E-state index contributed by atoms with van der Waals surface area (Å²) in [7, 11) is 0. The minimum absolute atomic E-state index is 0.124. The molecule has 1 heterocycles. The van der Waals surface area contributed by atoms with Crippen LogP contribution >= 0.6 is 15.9 Å². The van der Waals surface area contributed by atoms with E-state index in [0.717, 1.165) is 30.4 Å². The number of ether oxygens (including phenoxy) is 1. The number of allylic oxidation sites excluding steroid dienone is 2. The first kappa shape index (κ1) is 13.6. The molecule has 2 aliphatic rings. The fourth-order valence-corrected chi connectivity index (χ4v) is 2.87. The lowest BCUT2D eigenvalue weighted by molar-refractivity contribution is -0.141. The van der Waals surface area contributed by atoms with Crippen molar-refractivity contribution in [2.75, 3.05) is 0 Å². The van der Waals surface area contributed by atoms with Gasteiger partial charge < -0.3 is 4.74 Å². The van der Waals surface area contributed by atoms with Gasteiger partial charge in [0.05, 0.1) is 0 Å². The number of fused-ring (bicyclic) bond motifs is 1. The number of halogens is 1. The smallest absolute Gasteiger partial charge is 0.334 e. The second kappa shape index (κ2) is 5.43. The molecule has 3 heteroatoms. The van der Waals surface area contributed by atoms with Crippen LogP contribution in [0.2, 0.25) is 0 Å². The zero-order valence-electron chi connectivity index (χ0n) is 10.9. The molecule has 2 nitrogen and oxygen atoms in total. The van der Waals surface area contributed by atoms with Crippen molar-refractivity contribution in [2.24, 2.45) is 5.92 Å². The molecule has 0 N–H and O–H groups in total. The summed E-state index contributed by atoms with van der Waals surface area (Å²) in [6.07, 6.45) is 6.71. The average molecular weight is 311 g/mol. The molecular formula is C15H19BrO2. The number of esters is 1. The van der Waals surface area contributed by atoms with Gasteiger partial charge in [-0.2, -0.15) is 0 Å². The van der Waals surface area contributed by atoms with E-state index in [1.165, 1.54) is 5.57 Å². The molecule has 1 aliphatic heterocycles. The van der Waals surface area contributed by atoms with Crippen LogP contribution in [-0.2, 0) is 9.53 Å². The number of alkyl halides is 1. The maximum Gasteiger partial charge on any atom is 0.334 e. The third kappa shape index (κ3) is 2.77. The van der Waals surface area contributed by atoms with Gasteiger partial charge in [0.1, 0.15) is 6.10 Å². The summed E-state index contributed by atoms with van der Waals surface area (Å²) in [6.45, 7) is 8.17. The minimum atomic E-state index is -0.148. The predicted octanol–water partition coefficient (Wildman–Crippen LogP) is 3.92. The Morgan fingerprint density at radius 1 is 1.56 bits per heavy atom. The Kier molecular flexibility index (Phi) is 4.10. The molecular weight excluding hydrogens is 292 g/mol. The highest BCUT2D eigenvalue weighted by atomic mass is 79.9. The molecule has 0 aromatic heterocycles. The molecule has 0 aromatic rings.